The van der Waals surface area contributed by atoms with Crippen molar-refractivity contribution in [2.24, 2.45) is 0 Å². The van der Waals surface area contributed by atoms with E-state index in [4.69, 9.17) is 0 Å². The molecule has 0 amide bonds. The molecule has 0 aliphatic heterocycles. The summed E-state index contributed by atoms with van der Waals surface area (Å²) in [4.78, 5) is 0. The molecule has 0 rings (SSSR count). The van der Waals surface area contributed by atoms with Gasteiger partial charge in [-0.25, -0.2) is 0 Å². The van der Waals surface area contributed by atoms with Gasteiger partial charge in [0, 0.05) is 105 Å². The molecule has 0 aromatic heterocycles. The molecule has 0 aromatic rings. The first kappa shape index (κ1) is 39.9. The molecule has 5 heavy (non-hydrogen) atoms. The van der Waals surface area contributed by atoms with Crippen LogP contribution in [-0.2, 0) is 74.2 Å². The van der Waals surface area contributed by atoms with E-state index in [0.717, 1.165) is 0 Å². The summed E-state index contributed by atoms with van der Waals surface area (Å²) in [5.74, 6) is 0. The quantitative estimate of drug-likeness (QED) is 0.496. The summed E-state index contributed by atoms with van der Waals surface area (Å²) in [5.41, 5.74) is 0. The van der Waals surface area contributed by atoms with Gasteiger partial charge < -0.3 is 0 Å². The van der Waals surface area contributed by atoms with Gasteiger partial charge in [-0.05, 0) is 0 Å². The zero-order valence-electron chi connectivity index (χ0n) is 2.29. The fraction of sp³-hybridized carbons (Fsp3) is 0. The molecule has 0 saturated heterocycles. The Labute approximate surface area is 103 Å². The number of hydrogen-bond acceptors (Lipinski definition) is 0. The average molecular weight is 442 g/mol. The second-order valence-corrected chi connectivity index (χ2v) is 0. The van der Waals surface area contributed by atoms with E-state index >= 15 is 0 Å². The maximum Gasteiger partial charge on any atom is 0 e. The molecule has 24 valence electrons. The van der Waals surface area contributed by atoms with Gasteiger partial charge in [0.15, 0.2) is 0 Å². The van der Waals surface area contributed by atoms with Crippen LogP contribution in [0.5, 0.6) is 0 Å². The van der Waals surface area contributed by atoms with E-state index in [1.807, 2.05) is 0 Å². The minimum atomic E-state index is 0. The fourth-order valence-electron chi connectivity index (χ4n) is 0. The monoisotopic (exact) mass is 442 g/mol. The van der Waals surface area contributed by atoms with Crippen molar-refractivity contribution in [3.05, 3.63) is 0 Å². The van der Waals surface area contributed by atoms with E-state index in [2.05, 4.69) is 0 Å². The first-order chi connectivity index (χ1) is 0. The van der Waals surface area contributed by atoms with Crippen molar-refractivity contribution in [1.82, 2.24) is 0 Å². The summed E-state index contributed by atoms with van der Waals surface area (Å²) in [6.07, 6.45) is 0. The zero-order valence-corrected chi connectivity index (χ0v) is 12.0. The average Bonchev–Trinajstić information content (AvgIpc) is 0. The van der Waals surface area contributed by atoms with Crippen LogP contribution >= 0.6 is 0 Å². The molecule has 0 atom stereocenters. The molecule has 0 aliphatic carbocycles. The van der Waals surface area contributed by atoms with Crippen molar-refractivity contribution in [2.45, 2.75) is 0 Å². The molecule has 0 aromatic carbocycles. The van der Waals surface area contributed by atoms with Gasteiger partial charge in [0.05, 0.1) is 0 Å². The summed E-state index contributed by atoms with van der Waals surface area (Å²) in [5, 5.41) is 0. The third kappa shape index (κ3) is 18.7. The maximum atomic E-state index is 0. The number of rotatable bonds is 0. The van der Waals surface area contributed by atoms with Crippen LogP contribution in [0.3, 0.4) is 0 Å². The molecule has 0 nitrogen and oxygen atoms in total. The molecule has 5 heteroatoms. The van der Waals surface area contributed by atoms with E-state index < -0.39 is 0 Å². The van der Waals surface area contributed by atoms with Gasteiger partial charge in [-0.15, -0.1) is 0 Å². The summed E-state index contributed by atoms with van der Waals surface area (Å²) in [6.45, 7) is 0. The van der Waals surface area contributed by atoms with E-state index in [1.165, 1.54) is 0 Å². The molecule has 0 N–H and O–H groups in total. The van der Waals surface area contributed by atoms with E-state index in [0.29, 0.717) is 0 Å². The smallest absolute Gasteiger partial charge is 0 e. The second-order valence-electron chi connectivity index (χ2n) is 0. The van der Waals surface area contributed by atoms with Crippen LogP contribution in [-0.4, -0.2) is 0 Å². The maximum absolute atomic E-state index is 0. The van der Waals surface area contributed by atoms with Gasteiger partial charge in [0.2, 0.25) is 0 Å². The van der Waals surface area contributed by atoms with Gasteiger partial charge >= 0.3 is 0 Å². The molecule has 0 saturated carbocycles. The Morgan fingerprint density at radius 2 is 0.400 bits per heavy atom. The van der Waals surface area contributed by atoms with Gasteiger partial charge in [0.1, 0.15) is 0 Å². The molecule has 0 fully saturated rings. The molecule has 4 radical (unpaired) electrons. The zero-order chi connectivity index (χ0) is 0. The van der Waals surface area contributed by atoms with Crippen LogP contribution in [0, 0.1) is 31.1 Å². The fourth-order valence-corrected chi connectivity index (χ4v) is 0. The van der Waals surface area contributed by atoms with Crippen LogP contribution < -0.4 is 0 Å². The first-order valence-corrected chi connectivity index (χ1v) is 0. The van der Waals surface area contributed by atoms with Crippen LogP contribution in [0.15, 0.2) is 0 Å². The van der Waals surface area contributed by atoms with E-state index in [-0.39, 0.29) is 105 Å². The first-order valence-electron chi connectivity index (χ1n) is 0. The van der Waals surface area contributed by atoms with Crippen LogP contribution in [0.25, 0.3) is 0 Å². The van der Waals surface area contributed by atoms with Crippen molar-refractivity contribution in [1.29, 1.82) is 0 Å². The summed E-state index contributed by atoms with van der Waals surface area (Å²) >= 11 is 0. The number of hydrogen-bond donors (Lipinski definition) is 0. The van der Waals surface area contributed by atoms with Crippen molar-refractivity contribution < 1.29 is 105 Å². The minimum Gasteiger partial charge on any atom is 0 e. The van der Waals surface area contributed by atoms with Crippen molar-refractivity contribution in [3.8, 4) is 0 Å². The summed E-state index contributed by atoms with van der Waals surface area (Å²) in [6, 6.07) is 0. The second kappa shape index (κ2) is 26.3. The molecule has 0 bridgehead atoms. The van der Waals surface area contributed by atoms with Gasteiger partial charge in [0.25, 0.3) is 0 Å². The SMILES string of the molecule is [U].[V].[V].[V].[V]. The van der Waals surface area contributed by atoms with E-state index in [1.54, 1.807) is 0 Å². The van der Waals surface area contributed by atoms with Crippen LogP contribution in [0.4, 0.5) is 0 Å². The molecule has 0 unspecified atom stereocenters. The Balaban J connectivity index is 0. The van der Waals surface area contributed by atoms with Crippen molar-refractivity contribution in [2.75, 3.05) is 0 Å². The predicted molar refractivity (Wildman–Crippen MR) is 0 cm³/mol. The third-order valence-corrected chi connectivity index (χ3v) is 0. The molecule has 0 heterocycles. The molecular formula is UV4. The predicted octanol–water partition coefficient (Wildman–Crippen LogP) is -0.0100. The summed E-state index contributed by atoms with van der Waals surface area (Å²) in [7, 11) is 0. The van der Waals surface area contributed by atoms with Gasteiger partial charge in [-0.1, -0.05) is 0 Å². The van der Waals surface area contributed by atoms with Crippen molar-refractivity contribution >= 4 is 0 Å². The Hall–Kier alpha value is 3.39. The topological polar surface area (TPSA) is 0 Å². The normalized spacial score (nSPS) is 0. The summed E-state index contributed by atoms with van der Waals surface area (Å²) < 4.78 is 0. The Bertz CT molecular complexity index is 3.61. The Morgan fingerprint density at radius 3 is 0.400 bits per heavy atom. The Morgan fingerprint density at radius 1 is 0.400 bits per heavy atom. The van der Waals surface area contributed by atoms with Gasteiger partial charge in [-0.2, -0.15) is 0 Å². The molecule has 0 aliphatic rings. The molecular weight excluding hydrogens is 442 g/mol. The Kier molecular flexibility index (Phi) is 209. The van der Waals surface area contributed by atoms with Gasteiger partial charge in [-0.3, -0.25) is 0 Å². The molecule has 0 spiro atoms. The largest absolute Gasteiger partial charge is 0 e. The van der Waals surface area contributed by atoms with Crippen molar-refractivity contribution in [3.63, 3.8) is 0 Å². The minimum absolute atomic E-state index is 0. The van der Waals surface area contributed by atoms with Crippen LogP contribution in [0.1, 0.15) is 0 Å². The van der Waals surface area contributed by atoms with E-state index in [9.17, 15) is 0 Å². The van der Waals surface area contributed by atoms with Crippen LogP contribution in [0.2, 0.25) is 0 Å². The standard InChI is InChI=1S/U.4V. The third-order valence-electron chi connectivity index (χ3n) is 0.